The molecule has 2 aromatic rings. The molecule has 2 rings (SSSR count). The summed E-state index contributed by atoms with van der Waals surface area (Å²) in [5, 5.41) is 0.0456. The molecule has 0 aliphatic rings. The van der Waals surface area contributed by atoms with Crippen molar-refractivity contribution < 1.29 is 9.53 Å². The Morgan fingerprint density at radius 3 is 2.56 bits per heavy atom. The van der Waals surface area contributed by atoms with Crippen molar-refractivity contribution in [2.45, 2.75) is 26.7 Å². The molecule has 0 unspecified atom stereocenters. The maximum atomic E-state index is 12.6. The number of nitrogens with two attached hydrogens (primary N) is 1. The Morgan fingerprint density at radius 1 is 1.11 bits per heavy atom. The number of nitrogens with zero attached hydrogens (tertiary/aromatic N) is 1. The Morgan fingerprint density at radius 2 is 1.85 bits per heavy atom. The molecule has 0 amide bonds. The van der Waals surface area contributed by atoms with Gasteiger partial charge < -0.3 is 15.4 Å². The van der Waals surface area contributed by atoms with Gasteiger partial charge in [-0.05, 0) is 43.8 Å². The van der Waals surface area contributed by atoms with Crippen LogP contribution in [0.1, 0.15) is 36.2 Å². The number of nitrogen functional groups attached to an aromatic ring is 1. The van der Waals surface area contributed by atoms with Gasteiger partial charge in [0, 0.05) is 23.9 Å². The third-order valence-electron chi connectivity index (χ3n) is 4.46. The van der Waals surface area contributed by atoms with E-state index in [0.717, 1.165) is 38.2 Å². The van der Waals surface area contributed by atoms with E-state index in [9.17, 15) is 4.79 Å². The van der Waals surface area contributed by atoms with Gasteiger partial charge >= 0.3 is 0 Å². The Hall–Kier alpha value is -1.98. The topological polar surface area (TPSA) is 55.6 Å². The van der Waals surface area contributed by atoms with Crippen LogP contribution in [0.15, 0.2) is 48.5 Å². The number of rotatable bonds is 11. The van der Waals surface area contributed by atoms with Crippen LogP contribution in [0.4, 0.5) is 5.69 Å². The molecule has 0 saturated heterocycles. The molecular weight excluding hydrogens is 356 g/mol. The van der Waals surface area contributed by atoms with E-state index in [2.05, 4.69) is 30.9 Å². The van der Waals surface area contributed by atoms with E-state index in [1.54, 1.807) is 18.2 Å². The smallest absolute Gasteiger partial charge is 0.223 e. The summed E-state index contributed by atoms with van der Waals surface area (Å²) in [6.45, 7) is 7.96. The minimum absolute atomic E-state index is 0.0456. The van der Waals surface area contributed by atoms with Crippen LogP contribution in [0.25, 0.3) is 0 Å². The van der Waals surface area contributed by atoms with Gasteiger partial charge in [-0.2, -0.15) is 0 Å². The van der Waals surface area contributed by atoms with Crippen LogP contribution in [0.2, 0.25) is 0 Å². The van der Waals surface area contributed by atoms with E-state index >= 15 is 0 Å². The number of thioether (sulfide) groups is 1. The summed E-state index contributed by atoms with van der Waals surface area (Å²) in [6.07, 6.45) is 1.79. The lowest BCUT2D eigenvalue weighted by Crippen LogP contribution is -2.24. The van der Waals surface area contributed by atoms with Gasteiger partial charge in [0.1, 0.15) is 5.75 Å². The highest BCUT2D eigenvalue weighted by atomic mass is 32.2. The van der Waals surface area contributed by atoms with Crippen LogP contribution in [0.5, 0.6) is 5.75 Å². The summed E-state index contributed by atoms with van der Waals surface area (Å²) in [7, 11) is 0. The van der Waals surface area contributed by atoms with Crippen molar-refractivity contribution in [1.82, 2.24) is 4.90 Å². The van der Waals surface area contributed by atoms with Gasteiger partial charge in [0.05, 0.1) is 12.2 Å². The summed E-state index contributed by atoms with van der Waals surface area (Å²) >= 11 is 1.36. The first kappa shape index (κ1) is 21.3. The van der Waals surface area contributed by atoms with Gasteiger partial charge in [0.15, 0.2) is 0 Å². The molecule has 0 aromatic heterocycles. The van der Waals surface area contributed by atoms with E-state index in [-0.39, 0.29) is 5.12 Å². The number of carbonyl (C=O) groups excluding carboxylic acids is 1. The molecule has 0 aliphatic carbocycles. The number of carbonyl (C=O) groups is 1. The molecular formula is C22H30N2O2S. The molecule has 0 heterocycles. The zero-order valence-electron chi connectivity index (χ0n) is 16.3. The standard InChI is InChI=1S/C22H30N2O2S/c1-3-24(4-2)14-8-16-27-22(25)20-12-11-19(23)17-21(20)26-15-13-18-9-6-5-7-10-18/h5-7,9-12,17H,3-4,8,13-16,23H2,1-2H3. The second kappa shape index (κ2) is 11.7. The van der Waals surface area contributed by atoms with Gasteiger partial charge in [-0.1, -0.05) is 55.9 Å². The SMILES string of the molecule is CCN(CC)CCCSC(=O)c1ccc(N)cc1OCCc1ccccc1. The lowest BCUT2D eigenvalue weighted by molar-refractivity contribution is 0.108. The zero-order chi connectivity index (χ0) is 19.5. The molecule has 0 spiro atoms. The van der Waals surface area contributed by atoms with Crippen LogP contribution in [0, 0.1) is 0 Å². The molecule has 2 N–H and O–H groups in total. The van der Waals surface area contributed by atoms with Gasteiger partial charge in [0.2, 0.25) is 5.12 Å². The number of anilines is 1. The predicted octanol–water partition coefficient (Wildman–Crippen LogP) is 4.50. The third kappa shape index (κ3) is 7.27. The number of benzene rings is 2. The lowest BCUT2D eigenvalue weighted by Gasteiger charge is -2.17. The fraction of sp³-hybridized carbons (Fsp3) is 0.409. The Balaban J connectivity index is 1.88. The van der Waals surface area contributed by atoms with Crippen molar-refractivity contribution in [2.24, 2.45) is 0 Å². The van der Waals surface area contributed by atoms with Crippen molar-refractivity contribution >= 4 is 22.6 Å². The highest BCUT2D eigenvalue weighted by molar-refractivity contribution is 8.14. The average molecular weight is 387 g/mol. The van der Waals surface area contributed by atoms with Gasteiger partial charge in [-0.25, -0.2) is 0 Å². The number of ether oxygens (including phenoxy) is 1. The van der Waals surface area contributed by atoms with Gasteiger partial charge in [0.25, 0.3) is 0 Å². The maximum absolute atomic E-state index is 12.6. The van der Waals surface area contributed by atoms with E-state index in [0.29, 0.717) is 23.6 Å². The summed E-state index contributed by atoms with van der Waals surface area (Å²) in [6, 6.07) is 15.4. The number of hydrogen-bond acceptors (Lipinski definition) is 5. The minimum atomic E-state index is 0.0456. The van der Waals surface area contributed by atoms with Crippen molar-refractivity contribution in [3.05, 3.63) is 59.7 Å². The molecule has 0 atom stereocenters. The lowest BCUT2D eigenvalue weighted by atomic mass is 10.1. The van der Waals surface area contributed by atoms with E-state index < -0.39 is 0 Å². The monoisotopic (exact) mass is 386 g/mol. The first-order chi connectivity index (χ1) is 13.1. The Labute approximate surface area is 167 Å². The Kier molecular flexibility index (Phi) is 9.22. The van der Waals surface area contributed by atoms with Gasteiger partial charge in [-0.15, -0.1) is 0 Å². The second-order valence-corrected chi connectivity index (χ2v) is 7.42. The summed E-state index contributed by atoms with van der Waals surface area (Å²) in [5.74, 6) is 1.38. The average Bonchev–Trinajstić information content (AvgIpc) is 2.69. The van der Waals surface area contributed by atoms with Crippen molar-refractivity contribution in [3.8, 4) is 5.75 Å². The van der Waals surface area contributed by atoms with Crippen molar-refractivity contribution in [3.63, 3.8) is 0 Å². The fourth-order valence-electron chi connectivity index (χ4n) is 2.82. The van der Waals surface area contributed by atoms with Crippen molar-refractivity contribution in [2.75, 3.05) is 37.7 Å². The van der Waals surface area contributed by atoms with Crippen molar-refractivity contribution in [1.29, 1.82) is 0 Å². The largest absolute Gasteiger partial charge is 0.492 e. The maximum Gasteiger partial charge on any atom is 0.223 e. The zero-order valence-corrected chi connectivity index (χ0v) is 17.1. The molecule has 146 valence electrons. The quantitative estimate of drug-likeness (QED) is 0.455. The molecule has 0 saturated carbocycles. The van der Waals surface area contributed by atoms with E-state index in [4.69, 9.17) is 10.5 Å². The predicted molar refractivity (Wildman–Crippen MR) is 116 cm³/mol. The molecule has 5 heteroatoms. The number of hydrogen-bond donors (Lipinski definition) is 1. The first-order valence-electron chi connectivity index (χ1n) is 9.59. The molecule has 0 aliphatic heterocycles. The first-order valence-corrected chi connectivity index (χ1v) is 10.6. The second-order valence-electron chi connectivity index (χ2n) is 6.36. The van der Waals surface area contributed by atoms with Crippen LogP contribution in [-0.4, -0.2) is 42.0 Å². The highest BCUT2D eigenvalue weighted by Crippen LogP contribution is 2.26. The summed E-state index contributed by atoms with van der Waals surface area (Å²) in [5.41, 5.74) is 8.31. The van der Waals surface area contributed by atoms with Crippen LogP contribution >= 0.6 is 11.8 Å². The molecule has 0 bridgehead atoms. The van der Waals surface area contributed by atoms with Crippen LogP contribution < -0.4 is 10.5 Å². The molecule has 4 nitrogen and oxygen atoms in total. The van der Waals surface area contributed by atoms with Crippen LogP contribution in [-0.2, 0) is 6.42 Å². The van der Waals surface area contributed by atoms with Gasteiger partial charge in [-0.3, -0.25) is 4.79 Å². The van der Waals surface area contributed by atoms with E-state index in [1.165, 1.54) is 17.3 Å². The fourth-order valence-corrected chi connectivity index (χ4v) is 3.60. The minimum Gasteiger partial charge on any atom is -0.492 e. The molecule has 27 heavy (non-hydrogen) atoms. The van der Waals surface area contributed by atoms with Crippen LogP contribution in [0.3, 0.4) is 0 Å². The molecule has 0 fully saturated rings. The summed E-state index contributed by atoms with van der Waals surface area (Å²) < 4.78 is 5.90. The molecule has 2 aromatic carbocycles. The Bertz CT molecular complexity index is 703. The molecule has 0 radical (unpaired) electrons. The third-order valence-corrected chi connectivity index (χ3v) is 5.44. The normalized spacial score (nSPS) is 10.9. The summed E-state index contributed by atoms with van der Waals surface area (Å²) in [4.78, 5) is 15.0. The van der Waals surface area contributed by atoms with E-state index in [1.807, 2.05) is 18.2 Å². The highest BCUT2D eigenvalue weighted by Gasteiger charge is 2.14.